The fraction of sp³-hybridized carbons (Fsp3) is 0.111. The number of ether oxygens (including phenoxy) is 1. The number of rotatable bonds is 1. The molecule has 1 N–H and O–H groups in total. The van der Waals surface area contributed by atoms with Gasteiger partial charge in [-0.05, 0) is 12.1 Å². The summed E-state index contributed by atoms with van der Waals surface area (Å²) in [6.07, 6.45) is -0.635. The maximum atomic E-state index is 10.9. The summed E-state index contributed by atoms with van der Waals surface area (Å²) in [6, 6.07) is 6.67. The minimum Gasteiger partial charge on any atom is -0.453 e. The Hall–Kier alpha value is -1.73. The molecule has 0 atom stereocenters. The van der Waals surface area contributed by atoms with E-state index in [1.165, 1.54) is 7.11 Å². The van der Waals surface area contributed by atoms with E-state index in [-0.39, 0.29) is 5.56 Å². The molecular formula is C9H7ClN2O2. The average molecular weight is 211 g/mol. The topological polar surface area (TPSA) is 62.1 Å². The van der Waals surface area contributed by atoms with Gasteiger partial charge in [0, 0.05) is 0 Å². The third-order valence-electron chi connectivity index (χ3n) is 1.55. The van der Waals surface area contributed by atoms with Gasteiger partial charge in [0.2, 0.25) is 0 Å². The minimum absolute atomic E-state index is 0.222. The fourth-order valence-electron chi connectivity index (χ4n) is 0.903. The Morgan fingerprint density at radius 2 is 2.36 bits per heavy atom. The fourth-order valence-corrected chi connectivity index (χ4v) is 1.12. The second-order valence-electron chi connectivity index (χ2n) is 2.39. The van der Waals surface area contributed by atoms with E-state index in [4.69, 9.17) is 16.9 Å². The van der Waals surface area contributed by atoms with Crippen molar-refractivity contribution in [2.75, 3.05) is 12.4 Å². The van der Waals surface area contributed by atoms with Crippen LogP contribution in [0.3, 0.4) is 0 Å². The number of hydrogen-bond donors (Lipinski definition) is 1. The van der Waals surface area contributed by atoms with E-state index in [0.717, 1.165) is 0 Å². The Morgan fingerprint density at radius 1 is 1.64 bits per heavy atom. The zero-order chi connectivity index (χ0) is 10.6. The van der Waals surface area contributed by atoms with Crippen LogP contribution in [0.2, 0.25) is 5.02 Å². The predicted octanol–water partition coefficient (Wildman–Crippen LogP) is 2.39. The second-order valence-corrected chi connectivity index (χ2v) is 2.80. The van der Waals surface area contributed by atoms with E-state index in [1.54, 1.807) is 18.2 Å². The van der Waals surface area contributed by atoms with Crippen LogP contribution in [0.15, 0.2) is 18.2 Å². The molecule has 0 saturated heterocycles. The maximum absolute atomic E-state index is 10.9. The molecule has 0 aromatic heterocycles. The quantitative estimate of drug-likeness (QED) is 0.774. The van der Waals surface area contributed by atoms with Crippen LogP contribution in [0.4, 0.5) is 10.5 Å². The van der Waals surface area contributed by atoms with Crippen LogP contribution in [0.25, 0.3) is 0 Å². The van der Waals surface area contributed by atoms with Crippen molar-refractivity contribution in [3.8, 4) is 6.07 Å². The van der Waals surface area contributed by atoms with Gasteiger partial charge in [-0.2, -0.15) is 5.26 Å². The highest BCUT2D eigenvalue weighted by atomic mass is 35.5. The van der Waals surface area contributed by atoms with Crippen LogP contribution in [-0.2, 0) is 4.74 Å². The summed E-state index contributed by atoms with van der Waals surface area (Å²) < 4.78 is 4.39. The van der Waals surface area contributed by atoms with Gasteiger partial charge in [0.1, 0.15) is 6.07 Å². The molecule has 0 unspecified atom stereocenters. The highest BCUT2D eigenvalue weighted by Gasteiger charge is 2.08. The van der Waals surface area contributed by atoms with E-state index in [1.807, 2.05) is 6.07 Å². The molecule has 72 valence electrons. The molecule has 0 aliphatic heterocycles. The number of nitrogens with zero attached hydrogens (tertiary/aromatic N) is 1. The molecule has 0 radical (unpaired) electrons. The first-order valence-electron chi connectivity index (χ1n) is 3.72. The first-order chi connectivity index (χ1) is 6.69. The molecule has 0 heterocycles. The minimum atomic E-state index is -0.635. The molecule has 14 heavy (non-hydrogen) atoms. The number of nitriles is 1. The first-order valence-corrected chi connectivity index (χ1v) is 4.10. The Labute approximate surface area is 86.0 Å². The summed E-state index contributed by atoms with van der Waals surface area (Å²) in [5.41, 5.74) is 0.561. The molecule has 0 bridgehead atoms. The lowest BCUT2D eigenvalue weighted by atomic mass is 10.2. The largest absolute Gasteiger partial charge is 0.453 e. The lowest BCUT2D eigenvalue weighted by Crippen LogP contribution is -2.12. The summed E-state index contributed by atoms with van der Waals surface area (Å²) in [5, 5.41) is 11.4. The van der Waals surface area contributed by atoms with Gasteiger partial charge in [0.05, 0.1) is 23.4 Å². The lowest BCUT2D eigenvalue weighted by Gasteiger charge is -2.05. The Bertz CT molecular complexity index is 398. The van der Waals surface area contributed by atoms with Crippen LogP contribution in [0.5, 0.6) is 0 Å². The molecule has 0 aliphatic rings. The van der Waals surface area contributed by atoms with Crippen molar-refractivity contribution in [2.45, 2.75) is 0 Å². The number of carbonyl (C=O) groups is 1. The highest BCUT2D eigenvalue weighted by Crippen LogP contribution is 2.23. The van der Waals surface area contributed by atoms with E-state index in [2.05, 4.69) is 10.1 Å². The van der Waals surface area contributed by atoms with Crippen LogP contribution in [0.1, 0.15) is 5.56 Å². The monoisotopic (exact) mass is 210 g/mol. The van der Waals surface area contributed by atoms with Crippen molar-refractivity contribution < 1.29 is 9.53 Å². The van der Waals surface area contributed by atoms with E-state index >= 15 is 0 Å². The molecule has 0 fully saturated rings. The summed E-state index contributed by atoms with van der Waals surface area (Å²) in [4.78, 5) is 10.9. The summed E-state index contributed by atoms with van der Waals surface area (Å²) in [5.74, 6) is 0. The van der Waals surface area contributed by atoms with E-state index < -0.39 is 6.09 Å². The maximum Gasteiger partial charge on any atom is 0.411 e. The molecular weight excluding hydrogens is 204 g/mol. The van der Waals surface area contributed by atoms with E-state index in [9.17, 15) is 4.79 Å². The zero-order valence-electron chi connectivity index (χ0n) is 7.37. The molecule has 0 aliphatic carbocycles. The number of amides is 1. The van der Waals surface area contributed by atoms with Crippen molar-refractivity contribution in [1.29, 1.82) is 5.26 Å². The standard InChI is InChI=1S/C9H7ClN2O2/c1-14-9(13)12-8-4-2-3-7(10)6(8)5-11/h2-4H,1H3,(H,12,13). The van der Waals surface area contributed by atoms with Gasteiger partial charge >= 0.3 is 6.09 Å². The normalized spacial score (nSPS) is 8.93. The van der Waals surface area contributed by atoms with Crippen LogP contribution in [0, 0.1) is 11.3 Å². The van der Waals surface area contributed by atoms with Gasteiger partial charge < -0.3 is 4.74 Å². The van der Waals surface area contributed by atoms with Gasteiger partial charge in [-0.3, -0.25) is 5.32 Å². The molecule has 1 aromatic carbocycles. The summed E-state index contributed by atoms with van der Waals surface area (Å²) in [7, 11) is 1.24. The number of halogens is 1. The summed E-state index contributed by atoms with van der Waals surface area (Å²) >= 11 is 5.74. The third-order valence-corrected chi connectivity index (χ3v) is 1.86. The molecule has 0 spiro atoms. The third kappa shape index (κ3) is 2.15. The van der Waals surface area contributed by atoms with Crippen LogP contribution >= 0.6 is 11.6 Å². The SMILES string of the molecule is COC(=O)Nc1cccc(Cl)c1C#N. The number of nitrogens with one attached hydrogen (secondary N) is 1. The Balaban J connectivity index is 3.04. The molecule has 1 aromatic rings. The number of hydrogen-bond acceptors (Lipinski definition) is 3. The van der Waals surface area contributed by atoms with Crippen LogP contribution in [-0.4, -0.2) is 13.2 Å². The van der Waals surface area contributed by atoms with Crippen molar-refractivity contribution >= 4 is 23.4 Å². The van der Waals surface area contributed by atoms with Gasteiger partial charge in [0.25, 0.3) is 0 Å². The molecule has 1 amide bonds. The molecule has 0 saturated carbocycles. The van der Waals surface area contributed by atoms with E-state index in [0.29, 0.717) is 10.7 Å². The van der Waals surface area contributed by atoms with Gasteiger partial charge in [-0.15, -0.1) is 0 Å². The number of carbonyl (C=O) groups excluding carboxylic acids is 1. The second kappa shape index (κ2) is 4.49. The number of benzene rings is 1. The predicted molar refractivity (Wildman–Crippen MR) is 52.2 cm³/mol. The van der Waals surface area contributed by atoms with Crippen LogP contribution < -0.4 is 5.32 Å². The zero-order valence-corrected chi connectivity index (χ0v) is 8.13. The highest BCUT2D eigenvalue weighted by molar-refractivity contribution is 6.32. The van der Waals surface area contributed by atoms with Crippen molar-refractivity contribution in [1.82, 2.24) is 0 Å². The summed E-state index contributed by atoms with van der Waals surface area (Å²) in [6.45, 7) is 0. The van der Waals surface area contributed by atoms with Crippen molar-refractivity contribution in [2.24, 2.45) is 0 Å². The van der Waals surface area contributed by atoms with Gasteiger partial charge in [-0.1, -0.05) is 17.7 Å². The van der Waals surface area contributed by atoms with Gasteiger partial charge in [0.15, 0.2) is 0 Å². The van der Waals surface area contributed by atoms with Gasteiger partial charge in [-0.25, -0.2) is 4.79 Å². The Kier molecular flexibility index (Phi) is 3.32. The average Bonchev–Trinajstić information content (AvgIpc) is 2.18. The molecule has 4 nitrogen and oxygen atoms in total. The van der Waals surface area contributed by atoms with Crippen molar-refractivity contribution in [3.63, 3.8) is 0 Å². The Morgan fingerprint density at radius 3 is 2.93 bits per heavy atom. The first kappa shape index (κ1) is 10.4. The lowest BCUT2D eigenvalue weighted by molar-refractivity contribution is 0.187. The number of methoxy groups -OCH3 is 1. The molecule has 1 rings (SSSR count). The smallest absolute Gasteiger partial charge is 0.411 e. The number of anilines is 1. The molecule has 5 heteroatoms. The van der Waals surface area contributed by atoms with Crippen molar-refractivity contribution in [3.05, 3.63) is 28.8 Å².